The van der Waals surface area contributed by atoms with Gasteiger partial charge in [0, 0.05) is 10.0 Å². The van der Waals surface area contributed by atoms with Gasteiger partial charge in [0.1, 0.15) is 6.61 Å². The van der Waals surface area contributed by atoms with Crippen LogP contribution in [0, 0.1) is 0 Å². The molecule has 0 aromatic rings. The van der Waals surface area contributed by atoms with Crippen LogP contribution in [0.15, 0.2) is 6.07 Å². The van der Waals surface area contributed by atoms with Crippen LogP contribution in [0.4, 0.5) is 0 Å². The molecule has 0 rings (SSSR count). The lowest BCUT2D eigenvalue weighted by atomic mass is 10.1. The number of halogens is 3. The highest BCUT2D eigenvalue weighted by molar-refractivity contribution is 14.1. The summed E-state index contributed by atoms with van der Waals surface area (Å²) in [5.41, 5.74) is 0. The van der Waals surface area contributed by atoms with Gasteiger partial charge in [-0.25, -0.2) is 0 Å². The van der Waals surface area contributed by atoms with Crippen LogP contribution >= 0.6 is 61.1 Å². The first-order valence-corrected chi connectivity index (χ1v) is 8.38. The summed E-state index contributed by atoms with van der Waals surface area (Å²) in [6.45, 7) is 2.57. The summed E-state index contributed by atoms with van der Waals surface area (Å²) in [5, 5.41) is 0. The Kier molecular flexibility index (Phi) is 12.1. The van der Waals surface area contributed by atoms with Gasteiger partial charge in [-0.05, 0) is 67.5 Å². The second kappa shape index (κ2) is 11.3. The highest BCUT2D eigenvalue weighted by Crippen LogP contribution is 2.24. The summed E-state index contributed by atoms with van der Waals surface area (Å²) in [7, 11) is 0. The van der Waals surface area contributed by atoms with E-state index in [1.54, 1.807) is 0 Å². The van der Waals surface area contributed by atoms with Crippen molar-refractivity contribution in [2.45, 2.75) is 45.4 Å². The number of carbonyl (C=O) groups excluding carboxylic acids is 1. The van der Waals surface area contributed by atoms with E-state index in [9.17, 15) is 4.79 Å². The molecule has 0 spiro atoms. The van der Waals surface area contributed by atoms with Crippen LogP contribution in [0.1, 0.15) is 45.4 Å². The van der Waals surface area contributed by atoms with Gasteiger partial charge in [-0.2, -0.15) is 0 Å². The molecular formula is C11H17BrI2O2. The Morgan fingerprint density at radius 1 is 1.19 bits per heavy atom. The molecule has 0 heterocycles. The zero-order chi connectivity index (χ0) is 12.4. The van der Waals surface area contributed by atoms with E-state index < -0.39 is 0 Å². The average Bonchev–Trinajstić information content (AvgIpc) is 2.25. The first kappa shape index (κ1) is 17.2. The van der Waals surface area contributed by atoms with Crippen molar-refractivity contribution in [3.63, 3.8) is 0 Å². The Hall–Kier alpha value is 1.15. The van der Waals surface area contributed by atoms with Crippen LogP contribution in [0.2, 0.25) is 0 Å². The maximum absolute atomic E-state index is 11.3. The van der Waals surface area contributed by atoms with Crippen LogP contribution in [0.3, 0.4) is 0 Å². The first-order chi connectivity index (χ1) is 7.57. The fourth-order valence-electron chi connectivity index (χ4n) is 1.14. The highest BCUT2D eigenvalue weighted by atomic mass is 127. The van der Waals surface area contributed by atoms with Crippen LogP contribution in [0.5, 0.6) is 0 Å². The van der Waals surface area contributed by atoms with Gasteiger partial charge in [-0.1, -0.05) is 32.6 Å². The third-order valence-corrected chi connectivity index (χ3v) is 5.80. The molecule has 0 unspecified atom stereocenters. The summed E-state index contributed by atoms with van der Waals surface area (Å²) in [6.07, 6.45) is 6.35. The van der Waals surface area contributed by atoms with E-state index in [-0.39, 0.29) is 5.97 Å². The molecule has 2 nitrogen and oxygen atoms in total. The van der Waals surface area contributed by atoms with Gasteiger partial charge in [0.05, 0.1) is 2.49 Å². The minimum atomic E-state index is -0.0872. The molecule has 0 aliphatic heterocycles. The van der Waals surface area contributed by atoms with Crippen molar-refractivity contribution in [1.29, 1.82) is 0 Å². The number of rotatable bonds is 8. The van der Waals surface area contributed by atoms with Gasteiger partial charge in [-0.3, -0.25) is 4.79 Å². The molecule has 94 valence electrons. The number of hydrogen-bond acceptors (Lipinski definition) is 2. The van der Waals surface area contributed by atoms with E-state index in [4.69, 9.17) is 4.74 Å². The van der Waals surface area contributed by atoms with Crippen molar-refractivity contribution < 1.29 is 9.53 Å². The normalized spacial score (nSPS) is 12.2. The zero-order valence-electron chi connectivity index (χ0n) is 9.40. The van der Waals surface area contributed by atoms with Crippen molar-refractivity contribution in [2.75, 3.05) is 6.61 Å². The first-order valence-electron chi connectivity index (χ1n) is 5.43. The van der Waals surface area contributed by atoms with Gasteiger partial charge >= 0.3 is 5.97 Å². The minimum Gasteiger partial charge on any atom is -0.460 e. The topological polar surface area (TPSA) is 26.3 Å². The molecule has 0 saturated heterocycles. The molecule has 0 N–H and O–H groups in total. The molecule has 0 amide bonds. The largest absolute Gasteiger partial charge is 0.460 e. The van der Waals surface area contributed by atoms with Gasteiger partial charge in [0.15, 0.2) is 0 Å². The molecule has 0 bridgehead atoms. The molecular weight excluding hydrogens is 498 g/mol. The Bertz CT molecular complexity index is 238. The van der Waals surface area contributed by atoms with E-state index in [0.29, 0.717) is 13.0 Å². The molecule has 0 fully saturated rings. The van der Waals surface area contributed by atoms with Gasteiger partial charge in [0.25, 0.3) is 0 Å². The lowest BCUT2D eigenvalue weighted by Gasteiger charge is -2.04. The third kappa shape index (κ3) is 10.3. The SMILES string of the molecule is CCCCCCCC(=O)OCC(I)=C(Br)I. The lowest BCUT2D eigenvalue weighted by molar-refractivity contribution is -0.142. The van der Waals surface area contributed by atoms with Crippen molar-refractivity contribution in [2.24, 2.45) is 0 Å². The summed E-state index contributed by atoms with van der Waals surface area (Å²) >= 11 is 7.66. The number of carbonyl (C=O) groups is 1. The van der Waals surface area contributed by atoms with Crippen molar-refractivity contribution >= 4 is 67.1 Å². The number of unbranched alkanes of at least 4 members (excludes halogenated alkanes) is 4. The maximum atomic E-state index is 11.3. The molecule has 0 radical (unpaired) electrons. The van der Waals surface area contributed by atoms with E-state index in [1.165, 1.54) is 19.3 Å². The van der Waals surface area contributed by atoms with E-state index in [1.807, 2.05) is 0 Å². The molecule has 0 saturated carbocycles. The van der Waals surface area contributed by atoms with E-state index in [2.05, 4.69) is 68.0 Å². The molecule has 5 heteroatoms. The zero-order valence-corrected chi connectivity index (χ0v) is 15.3. The predicted molar refractivity (Wildman–Crippen MR) is 88.3 cm³/mol. The molecule has 16 heavy (non-hydrogen) atoms. The fourth-order valence-corrected chi connectivity index (χ4v) is 1.57. The van der Waals surface area contributed by atoms with Gasteiger partial charge < -0.3 is 4.74 Å². The van der Waals surface area contributed by atoms with Crippen LogP contribution in [-0.4, -0.2) is 12.6 Å². The number of esters is 1. The standard InChI is InChI=1S/C11H17BrI2O2/c1-2-3-4-5-6-7-10(15)16-8-9(13)11(12)14/h2-8H2,1H3. The maximum Gasteiger partial charge on any atom is 0.306 e. The molecule has 0 aromatic heterocycles. The van der Waals surface area contributed by atoms with Gasteiger partial charge in [0.2, 0.25) is 0 Å². The fraction of sp³-hybridized carbons (Fsp3) is 0.727. The Balaban J connectivity index is 3.49. The molecule has 0 aliphatic carbocycles. The summed E-state index contributed by atoms with van der Waals surface area (Å²) in [5.74, 6) is -0.0872. The number of hydrogen-bond donors (Lipinski definition) is 0. The Morgan fingerprint density at radius 3 is 2.38 bits per heavy atom. The second-order valence-electron chi connectivity index (χ2n) is 3.49. The summed E-state index contributed by atoms with van der Waals surface area (Å²) < 4.78 is 7.16. The molecule has 0 aliphatic rings. The van der Waals surface area contributed by atoms with Crippen molar-refractivity contribution in [3.05, 3.63) is 6.07 Å². The summed E-state index contributed by atoms with van der Waals surface area (Å²) in [6, 6.07) is 0. The molecule has 0 aromatic carbocycles. The average molecular weight is 515 g/mol. The third-order valence-electron chi connectivity index (χ3n) is 2.05. The predicted octanol–water partition coefficient (Wildman–Crippen LogP) is 5.32. The summed E-state index contributed by atoms with van der Waals surface area (Å²) in [4.78, 5) is 11.3. The quantitative estimate of drug-likeness (QED) is 0.249. The number of ether oxygens (including phenoxy) is 1. The van der Waals surface area contributed by atoms with E-state index >= 15 is 0 Å². The second-order valence-corrected chi connectivity index (χ2v) is 8.15. The monoisotopic (exact) mass is 514 g/mol. The van der Waals surface area contributed by atoms with Crippen LogP contribution < -0.4 is 0 Å². The van der Waals surface area contributed by atoms with Crippen LogP contribution in [0.25, 0.3) is 0 Å². The van der Waals surface area contributed by atoms with Crippen molar-refractivity contribution in [1.82, 2.24) is 0 Å². The Labute approximate surface area is 133 Å². The van der Waals surface area contributed by atoms with Gasteiger partial charge in [-0.15, -0.1) is 0 Å². The minimum absolute atomic E-state index is 0.0872. The van der Waals surface area contributed by atoms with Crippen LogP contribution in [-0.2, 0) is 9.53 Å². The lowest BCUT2D eigenvalue weighted by Crippen LogP contribution is -2.05. The highest BCUT2D eigenvalue weighted by Gasteiger charge is 2.04. The van der Waals surface area contributed by atoms with Crippen molar-refractivity contribution in [3.8, 4) is 0 Å². The van der Waals surface area contributed by atoms with E-state index in [0.717, 1.165) is 18.9 Å². The smallest absolute Gasteiger partial charge is 0.306 e. The molecule has 0 atom stereocenters. The Morgan fingerprint density at radius 2 is 1.81 bits per heavy atom.